The Morgan fingerprint density at radius 3 is 0.672 bits per heavy atom. The van der Waals surface area contributed by atoms with Gasteiger partial charge in [-0.1, -0.05) is 182 Å². The highest BCUT2D eigenvalue weighted by atomic mass is 15.1. The summed E-state index contributed by atoms with van der Waals surface area (Å²) in [5.74, 6) is 0. The molecule has 0 radical (unpaired) electrons. The highest BCUT2D eigenvalue weighted by Gasteiger charge is 2.15. The van der Waals surface area contributed by atoms with Gasteiger partial charge in [-0.05, 0) is 117 Å². The van der Waals surface area contributed by atoms with Crippen molar-refractivity contribution in [2.24, 2.45) is 0 Å². The van der Waals surface area contributed by atoms with Gasteiger partial charge < -0.3 is 9.80 Å². The maximum absolute atomic E-state index is 2.32. The molecule has 0 saturated carbocycles. The summed E-state index contributed by atoms with van der Waals surface area (Å²) in [6, 6.07) is 86.2. The highest BCUT2D eigenvalue weighted by molar-refractivity contribution is 5.82. The van der Waals surface area contributed by atoms with Gasteiger partial charge in [-0.2, -0.15) is 0 Å². The van der Waals surface area contributed by atoms with E-state index in [0.717, 1.165) is 45.3 Å². The van der Waals surface area contributed by atoms with Gasteiger partial charge in [-0.25, -0.2) is 0 Å². The predicted octanol–water partition coefficient (Wildman–Crippen LogP) is 15.8. The van der Waals surface area contributed by atoms with Gasteiger partial charge in [0.25, 0.3) is 0 Å². The molecule has 0 N–H and O–H groups in total. The molecule has 276 valence electrons. The van der Waals surface area contributed by atoms with E-state index < -0.39 is 0 Å². The fourth-order valence-electron chi connectivity index (χ4n) is 7.43. The molecule has 2 heteroatoms. The Labute approximate surface area is 341 Å². The summed E-state index contributed by atoms with van der Waals surface area (Å²) in [5.41, 5.74) is 16.1. The molecule has 0 aliphatic rings. The number of nitrogens with zero attached hydrogens (tertiary/aromatic N) is 2. The molecular formula is C56H42N2. The van der Waals surface area contributed by atoms with Crippen molar-refractivity contribution in [2.45, 2.75) is 0 Å². The molecule has 9 aromatic carbocycles. The number of hydrogen-bond acceptors (Lipinski definition) is 2. The summed E-state index contributed by atoms with van der Waals surface area (Å²) in [6.45, 7) is 0. The van der Waals surface area contributed by atoms with Crippen LogP contribution in [0.2, 0.25) is 0 Å². The van der Waals surface area contributed by atoms with Gasteiger partial charge in [-0.15, -0.1) is 0 Å². The van der Waals surface area contributed by atoms with Crippen LogP contribution in [0.5, 0.6) is 0 Å². The smallest absolute Gasteiger partial charge is 0.0462 e. The monoisotopic (exact) mass is 742 g/mol. The van der Waals surface area contributed by atoms with Gasteiger partial charge in [0.1, 0.15) is 0 Å². The second-order valence-electron chi connectivity index (χ2n) is 14.3. The third kappa shape index (κ3) is 8.14. The van der Waals surface area contributed by atoms with Crippen LogP contribution < -0.4 is 9.80 Å². The Morgan fingerprint density at radius 2 is 0.397 bits per heavy atom. The van der Waals surface area contributed by atoms with Crippen LogP contribution in [0.25, 0.3) is 45.5 Å². The van der Waals surface area contributed by atoms with Crippen LogP contribution in [0.15, 0.2) is 243 Å². The summed E-state index contributed by atoms with van der Waals surface area (Å²) in [6.07, 6.45) is 4.37. The van der Waals surface area contributed by atoms with Gasteiger partial charge in [-0.3, -0.25) is 0 Å². The van der Waals surface area contributed by atoms with Gasteiger partial charge >= 0.3 is 0 Å². The molecular weight excluding hydrogens is 701 g/mol. The van der Waals surface area contributed by atoms with Crippen molar-refractivity contribution in [3.05, 3.63) is 254 Å². The van der Waals surface area contributed by atoms with E-state index >= 15 is 0 Å². The minimum atomic E-state index is 1.10. The minimum Gasteiger partial charge on any atom is -0.311 e. The van der Waals surface area contributed by atoms with Gasteiger partial charge in [0.2, 0.25) is 0 Å². The molecule has 2 nitrogen and oxygen atoms in total. The zero-order valence-corrected chi connectivity index (χ0v) is 32.1. The molecule has 9 aromatic rings. The SMILES string of the molecule is C(=Cc1ccc(N(c2ccc(-c3ccccc3)cc2)c2ccc(-c3ccccc3)cc2)cc1)c1ccc(N(c2ccccc2)c2ccc(-c3ccccc3)cc2)cc1. The number of rotatable bonds is 11. The van der Waals surface area contributed by atoms with Gasteiger partial charge in [0.05, 0.1) is 0 Å². The summed E-state index contributed by atoms with van der Waals surface area (Å²) in [7, 11) is 0. The molecule has 0 amide bonds. The molecule has 0 unspecified atom stereocenters. The normalized spacial score (nSPS) is 11.0. The molecule has 0 aliphatic carbocycles. The van der Waals surface area contributed by atoms with Crippen molar-refractivity contribution in [1.29, 1.82) is 0 Å². The summed E-state index contributed by atoms with van der Waals surface area (Å²) in [4.78, 5) is 4.63. The van der Waals surface area contributed by atoms with Crippen LogP contribution in [-0.2, 0) is 0 Å². The molecule has 0 spiro atoms. The second-order valence-corrected chi connectivity index (χ2v) is 14.3. The molecule has 0 aromatic heterocycles. The lowest BCUT2D eigenvalue weighted by Crippen LogP contribution is -2.09. The van der Waals surface area contributed by atoms with Gasteiger partial charge in [0, 0.05) is 34.1 Å². The van der Waals surface area contributed by atoms with Crippen molar-refractivity contribution in [3.63, 3.8) is 0 Å². The maximum atomic E-state index is 2.32. The fraction of sp³-hybridized carbons (Fsp3) is 0. The van der Waals surface area contributed by atoms with Crippen molar-refractivity contribution in [2.75, 3.05) is 9.80 Å². The fourth-order valence-corrected chi connectivity index (χ4v) is 7.43. The lowest BCUT2D eigenvalue weighted by Gasteiger charge is -2.26. The average molecular weight is 743 g/mol. The first-order valence-corrected chi connectivity index (χ1v) is 19.8. The van der Waals surface area contributed by atoms with Crippen molar-refractivity contribution < 1.29 is 0 Å². The molecule has 9 rings (SSSR count). The zero-order chi connectivity index (χ0) is 38.9. The quantitative estimate of drug-likeness (QED) is 0.122. The number of para-hydroxylation sites is 1. The predicted molar refractivity (Wildman–Crippen MR) is 247 cm³/mol. The molecule has 0 heterocycles. The van der Waals surface area contributed by atoms with E-state index in [4.69, 9.17) is 0 Å². The molecule has 0 atom stereocenters. The molecule has 0 saturated heterocycles. The topological polar surface area (TPSA) is 6.48 Å². The minimum absolute atomic E-state index is 1.10. The first-order valence-electron chi connectivity index (χ1n) is 19.8. The Balaban J connectivity index is 0.961. The Hall–Kier alpha value is -7.68. The molecule has 0 bridgehead atoms. The third-order valence-corrected chi connectivity index (χ3v) is 10.5. The molecule has 0 aliphatic heterocycles. The van der Waals surface area contributed by atoms with E-state index in [2.05, 4.69) is 265 Å². The largest absolute Gasteiger partial charge is 0.311 e. The highest BCUT2D eigenvalue weighted by Crippen LogP contribution is 2.38. The van der Waals surface area contributed by atoms with E-state index in [1.165, 1.54) is 33.4 Å². The van der Waals surface area contributed by atoms with Crippen LogP contribution in [0.3, 0.4) is 0 Å². The van der Waals surface area contributed by atoms with E-state index in [9.17, 15) is 0 Å². The Kier molecular flexibility index (Phi) is 10.5. The molecule has 58 heavy (non-hydrogen) atoms. The number of hydrogen-bond donors (Lipinski definition) is 0. The third-order valence-electron chi connectivity index (χ3n) is 10.5. The van der Waals surface area contributed by atoms with Crippen LogP contribution in [-0.4, -0.2) is 0 Å². The van der Waals surface area contributed by atoms with E-state index in [1.54, 1.807) is 0 Å². The van der Waals surface area contributed by atoms with Crippen molar-refractivity contribution in [1.82, 2.24) is 0 Å². The Morgan fingerprint density at radius 1 is 0.190 bits per heavy atom. The zero-order valence-electron chi connectivity index (χ0n) is 32.1. The van der Waals surface area contributed by atoms with Crippen LogP contribution >= 0.6 is 0 Å². The van der Waals surface area contributed by atoms with E-state index in [1.807, 2.05) is 0 Å². The average Bonchev–Trinajstić information content (AvgIpc) is 3.31. The molecule has 0 fully saturated rings. The van der Waals surface area contributed by atoms with Crippen molar-refractivity contribution in [3.8, 4) is 33.4 Å². The van der Waals surface area contributed by atoms with E-state index in [-0.39, 0.29) is 0 Å². The summed E-state index contributed by atoms with van der Waals surface area (Å²) >= 11 is 0. The lowest BCUT2D eigenvalue weighted by atomic mass is 10.0. The summed E-state index contributed by atoms with van der Waals surface area (Å²) < 4.78 is 0. The standard InChI is InChI=1S/C56H42N2/c1-5-13-45(14-6-1)48-27-37-54(38-28-48)57(51-19-11-4-12-20-51)52-33-23-43(24-34-52)21-22-44-25-35-53(36-26-44)58(55-39-29-49(30-40-55)46-15-7-2-8-16-46)56-41-31-50(32-42-56)47-17-9-3-10-18-47/h1-42H. The van der Waals surface area contributed by atoms with Crippen molar-refractivity contribution >= 4 is 46.3 Å². The van der Waals surface area contributed by atoms with Gasteiger partial charge in [0.15, 0.2) is 0 Å². The van der Waals surface area contributed by atoms with E-state index in [0.29, 0.717) is 0 Å². The Bertz CT molecular complexity index is 2610. The van der Waals surface area contributed by atoms with Crippen LogP contribution in [0.4, 0.5) is 34.1 Å². The lowest BCUT2D eigenvalue weighted by molar-refractivity contribution is 1.28. The van der Waals surface area contributed by atoms with Crippen LogP contribution in [0.1, 0.15) is 11.1 Å². The second kappa shape index (κ2) is 17.0. The maximum Gasteiger partial charge on any atom is 0.0462 e. The van der Waals surface area contributed by atoms with Crippen LogP contribution in [0, 0.1) is 0 Å². The first kappa shape index (κ1) is 36.0. The summed E-state index contributed by atoms with van der Waals surface area (Å²) in [5, 5.41) is 0. The first-order chi connectivity index (χ1) is 28.7. The number of benzene rings is 9. The number of anilines is 6.